The maximum Gasteiger partial charge on any atom is 0.409 e. The lowest BCUT2D eigenvalue weighted by atomic mass is 9.93. The highest BCUT2D eigenvalue weighted by Gasteiger charge is 2.61. The fourth-order valence-corrected chi connectivity index (χ4v) is 5.75. The van der Waals surface area contributed by atoms with Crippen molar-refractivity contribution in [1.82, 2.24) is 24.8 Å². The van der Waals surface area contributed by atoms with Crippen LogP contribution in [0.5, 0.6) is 0 Å². The van der Waals surface area contributed by atoms with Crippen molar-refractivity contribution in [3.63, 3.8) is 0 Å². The molecule has 0 aromatic carbocycles. The summed E-state index contributed by atoms with van der Waals surface area (Å²) in [5.41, 5.74) is -1.12. The summed E-state index contributed by atoms with van der Waals surface area (Å²) in [5.74, 6) is 1.49. The lowest BCUT2D eigenvalue weighted by Gasteiger charge is -2.36. The molecule has 0 aliphatic carbocycles. The highest BCUT2D eigenvalue weighted by Crippen LogP contribution is 2.39. The van der Waals surface area contributed by atoms with Crippen molar-refractivity contribution >= 4 is 35.6 Å². The van der Waals surface area contributed by atoms with Crippen molar-refractivity contribution in [2.75, 3.05) is 86.8 Å². The minimum absolute atomic E-state index is 0.147. The first-order valence-corrected chi connectivity index (χ1v) is 15.1. The Morgan fingerprint density at radius 3 is 2.05 bits per heavy atom. The van der Waals surface area contributed by atoms with Crippen LogP contribution in [0.4, 0.5) is 22.6 Å². The number of nitrogens with zero attached hydrogens (tertiary/aromatic N) is 8. The highest BCUT2D eigenvalue weighted by molar-refractivity contribution is 6.16. The van der Waals surface area contributed by atoms with Gasteiger partial charge in [0.15, 0.2) is 11.9 Å². The standard InChI is InChI=1S/C28H46N8O5/c1-7-32(8-2)24-29-25(33(9-3)10-4)31-26(30-24)34-14-16-35(17-15-34)27(39)41-19-28-12-11-13-36(28)23(38)21(22(28)37)40-18-20(5)6/h20-21H,7-19H2,1-6H3. The SMILES string of the molecule is CCN(CC)c1nc(N(CC)CC)nc(N2CCN(C(=O)OCC34CCCN3C(=O)C(OCC(C)C)C4=O)CC2)n1. The first-order chi connectivity index (χ1) is 19.7. The zero-order valence-corrected chi connectivity index (χ0v) is 25.5. The molecule has 2 atom stereocenters. The maximum atomic E-state index is 13.3. The number of ether oxygens (including phenoxy) is 2. The van der Waals surface area contributed by atoms with Gasteiger partial charge >= 0.3 is 6.09 Å². The molecule has 0 N–H and O–H groups in total. The van der Waals surface area contributed by atoms with Crippen LogP contribution in [0.2, 0.25) is 0 Å². The van der Waals surface area contributed by atoms with Crippen molar-refractivity contribution in [3.8, 4) is 0 Å². The smallest absolute Gasteiger partial charge is 0.409 e. The third-order valence-electron chi connectivity index (χ3n) is 8.22. The van der Waals surface area contributed by atoms with Gasteiger partial charge in [-0.25, -0.2) is 4.79 Å². The second-order valence-electron chi connectivity index (χ2n) is 11.2. The van der Waals surface area contributed by atoms with E-state index in [0.717, 1.165) is 26.2 Å². The van der Waals surface area contributed by atoms with E-state index in [1.165, 1.54) is 0 Å². The van der Waals surface area contributed by atoms with Crippen LogP contribution in [0, 0.1) is 5.92 Å². The number of Topliss-reactive ketones (excluding diaryl/α,β-unsaturated/α-hetero) is 1. The number of carbonyl (C=O) groups is 3. The van der Waals surface area contributed by atoms with Gasteiger partial charge in [0.1, 0.15) is 12.1 Å². The third kappa shape index (κ3) is 6.19. The second-order valence-corrected chi connectivity index (χ2v) is 11.2. The summed E-state index contributed by atoms with van der Waals surface area (Å²) in [6, 6.07) is 0. The van der Waals surface area contributed by atoms with Crippen molar-refractivity contribution in [2.45, 2.75) is 66.0 Å². The van der Waals surface area contributed by atoms with Crippen LogP contribution in [-0.4, -0.2) is 126 Å². The van der Waals surface area contributed by atoms with Gasteiger partial charge in [0.2, 0.25) is 17.8 Å². The molecule has 0 spiro atoms. The summed E-state index contributed by atoms with van der Waals surface area (Å²) >= 11 is 0. The van der Waals surface area contributed by atoms with E-state index in [1.54, 1.807) is 9.80 Å². The first kappa shape index (κ1) is 30.7. The lowest BCUT2D eigenvalue weighted by Crippen LogP contribution is -2.53. The fraction of sp³-hybridized carbons (Fsp3) is 0.786. The monoisotopic (exact) mass is 574 g/mol. The van der Waals surface area contributed by atoms with Crippen molar-refractivity contribution in [1.29, 1.82) is 0 Å². The summed E-state index contributed by atoms with van der Waals surface area (Å²) in [6.45, 7) is 18.0. The lowest BCUT2D eigenvalue weighted by molar-refractivity contribution is -0.141. The summed E-state index contributed by atoms with van der Waals surface area (Å²) in [6.07, 6.45) is -0.422. The Labute approximate surface area is 243 Å². The van der Waals surface area contributed by atoms with Gasteiger partial charge in [0, 0.05) is 58.9 Å². The van der Waals surface area contributed by atoms with Gasteiger partial charge < -0.3 is 34.0 Å². The number of fused-ring (bicyclic) bond motifs is 1. The molecule has 1 aromatic heterocycles. The van der Waals surface area contributed by atoms with Gasteiger partial charge in [-0.1, -0.05) is 13.8 Å². The van der Waals surface area contributed by atoms with Gasteiger partial charge in [-0.05, 0) is 46.5 Å². The van der Waals surface area contributed by atoms with E-state index in [2.05, 4.69) is 42.4 Å². The zero-order valence-electron chi connectivity index (χ0n) is 25.5. The van der Waals surface area contributed by atoms with Crippen LogP contribution >= 0.6 is 0 Å². The number of amides is 2. The van der Waals surface area contributed by atoms with Crippen molar-refractivity contribution < 1.29 is 23.9 Å². The maximum absolute atomic E-state index is 13.3. The van der Waals surface area contributed by atoms with E-state index in [4.69, 9.17) is 24.4 Å². The normalized spacial score (nSPS) is 22.5. The average Bonchev–Trinajstić information content (AvgIpc) is 3.49. The van der Waals surface area contributed by atoms with Gasteiger partial charge in [-0.15, -0.1) is 0 Å². The van der Waals surface area contributed by atoms with Crippen LogP contribution < -0.4 is 14.7 Å². The van der Waals surface area contributed by atoms with Crippen molar-refractivity contribution in [2.24, 2.45) is 5.92 Å². The summed E-state index contributed by atoms with van der Waals surface area (Å²) in [4.78, 5) is 63.1. The number of anilines is 3. The summed E-state index contributed by atoms with van der Waals surface area (Å²) in [5, 5.41) is 0. The Hall–Kier alpha value is -3.22. The number of carbonyl (C=O) groups excluding carboxylic acids is 3. The zero-order chi connectivity index (χ0) is 29.7. The van der Waals surface area contributed by atoms with Crippen molar-refractivity contribution in [3.05, 3.63) is 0 Å². The Kier molecular flexibility index (Phi) is 9.88. The van der Waals surface area contributed by atoms with E-state index in [9.17, 15) is 14.4 Å². The fourth-order valence-electron chi connectivity index (χ4n) is 5.75. The minimum atomic E-state index is -1.12. The molecule has 0 saturated carbocycles. The minimum Gasteiger partial charge on any atom is -0.446 e. The number of aromatic nitrogens is 3. The molecular formula is C28H46N8O5. The molecule has 2 amide bonds. The second kappa shape index (κ2) is 13.2. The molecule has 4 heterocycles. The number of hydrogen-bond acceptors (Lipinski definition) is 11. The van der Waals surface area contributed by atoms with Crippen LogP contribution in [0.15, 0.2) is 0 Å². The van der Waals surface area contributed by atoms with E-state index in [0.29, 0.717) is 70.0 Å². The molecular weight excluding hydrogens is 528 g/mol. The van der Waals surface area contributed by atoms with Crippen LogP contribution in [0.3, 0.4) is 0 Å². The molecule has 4 rings (SSSR count). The molecule has 13 nitrogen and oxygen atoms in total. The Balaban J connectivity index is 1.40. The largest absolute Gasteiger partial charge is 0.446 e. The van der Waals surface area contributed by atoms with Crippen LogP contribution in [-0.2, 0) is 19.1 Å². The van der Waals surface area contributed by atoms with Gasteiger partial charge in [-0.3, -0.25) is 9.59 Å². The van der Waals surface area contributed by atoms with Gasteiger partial charge in [-0.2, -0.15) is 15.0 Å². The molecule has 41 heavy (non-hydrogen) atoms. The number of ketones is 1. The summed E-state index contributed by atoms with van der Waals surface area (Å²) in [7, 11) is 0. The number of hydrogen-bond donors (Lipinski definition) is 0. The molecule has 3 aliphatic rings. The summed E-state index contributed by atoms with van der Waals surface area (Å²) < 4.78 is 11.4. The van der Waals surface area contributed by atoms with Crippen LogP contribution in [0.25, 0.3) is 0 Å². The van der Waals surface area contributed by atoms with E-state index in [-0.39, 0.29) is 24.2 Å². The number of piperazine rings is 1. The highest BCUT2D eigenvalue weighted by atomic mass is 16.6. The third-order valence-corrected chi connectivity index (χ3v) is 8.22. The Morgan fingerprint density at radius 1 is 0.927 bits per heavy atom. The molecule has 3 fully saturated rings. The average molecular weight is 575 g/mol. The first-order valence-electron chi connectivity index (χ1n) is 15.1. The Bertz CT molecular complexity index is 1060. The molecule has 1 aromatic rings. The van der Waals surface area contributed by atoms with Crippen LogP contribution in [0.1, 0.15) is 54.4 Å². The van der Waals surface area contributed by atoms with Gasteiger partial charge in [0.05, 0.1) is 6.61 Å². The number of rotatable bonds is 12. The molecule has 13 heteroatoms. The van der Waals surface area contributed by atoms with Gasteiger partial charge in [0.25, 0.3) is 5.91 Å². The molecule has 228 valence electrons. The Morgan fingerprint density at radius 2 is 1.51 bits per heavy atom. The molecule has 3 saturated heterocycles. The topological polar surface area (TPSA) is 125 Å². The quantitative estimate of drug-likeness (QED) is 0.340. The van der Waals surface area contributed by atoms with E-state index in [1.807, 2.05) is 13.8 Å². The predicted molar refractivity (Wildman–Crippen MR) is 155 cm³/mol. The van der Waals surface area contributed by atoms with E-state index >= 15 is 0 Å². The molecule has 3 aliphatic heterocycles. The predicted octanol–water partition coefficient (Wildman–Crippen LogP) is 1.81. The molecule has 0 bridgehead atoms. The molecule has 2 unspecified atom stereocenters. The molecule has 0 radical (unpaired) electrons. The van der Waals surface area contributed by atoms with E-state index < -0.39 is 17.7 Å².